The Morgan fingerprint density at radius 1 is 1.32 bits per heavy atom. The van der Waals surface area contributed by atoms with Gasteiger partial charge in [-0.2, -0.15) is 9.40 Å². The third-order valence-corrected chi connectivity index (χ3v) is 7.08. The van der Waals surface area contributed by atoms with Crippen molar-refractivity contribution in [2.24, 2.45) is 12.8 Å². The topological polar surface area (TPSA) is 108 Å². The van der Waals surface area contributed by atoms with Crippen molar-refractivity contribution < 1.29 is 17.9 Å². The number of benzene rings is 1. The first-order valence-electron chi connectivity index (χ1n) is 9.12. The van der Waals surface area contributed by atoms with Gasteiger partial charge in [0.2, 0.25) is 10.0 Å². The van der Waals surface area contributed by atoms with E-state index >= 15 is 0 Å². The van der Waals surface area contributed by atoms with Gasteiger partial charge < -0.3 is 10.5 Å². The number of primary amides is 1. The van der Waals surface area contributed by atoms with Crippen LogP contribution in [-0.2, 0) is 17.1 Å². The molecule has 0 spiro atoms. The molecule has 1 unspecified atom stereocenters. The number of hydrogen-bond acceptors (Lipinski definition) is 5. The maximum atomic E-state index is 13.2. The molecule has 2 aromatic rings. The largest absolute Gasteiger partial charge is 0.487 e. The number of rotatable bonds is 4. The van der Waals surface area contributed by atoms with Gasteiger partial charge in [0.25, 0.3) is 5.91 Å². The molecule has 0 radical (unpaired) electrons. The normalized spacial score (nSPS) is 20.2. The van der Waals surface area contributed by atoms with Gasteiger partial charge in [-0.3, -0.25) is 9.48 Å². The number of ether oxygens (including phenoxy) is 1. The van der Waals surface area contributed by atoms with E-state index in [-0.39, 0.29) is 24.0 Å². The molecule has 0 bridgehead atoms. The van der Waals surface area contributed by atoms with Crippen LogP contribution >= 0.6 is 0 Å². The predicted octanol–water partition coefficient (Wildman–Crippen LogP) is 1.46. The van der Waals surface area contributed by atoms with Crippen molar-refractivity contribution in [3.05, 3.63) is 52.2 Å². The van der Waals surface area contributed by atoms with E-state index in [9.17, 15) is 13.2 Å². The average molecular weight is 402 g/mol. The smallest absolute Gasteiger partial charge is 0.252 e. The molecule has 148 valence electrons. The van der Waals surface area contributed by atoms with Crippen molar-refractivity contribution in [1.29, 1.82) is 0 Å². The first kappa shape index (κ1) is 18.7. The van der Waals surface area contributed by atoms with E-state index in [2.05, 4.69) is 5.10 Å². The highest BCUT2D eigenvalue weighted by Gasteiger charge is 2.35. The molecule has 1 aromatic heterocycles. The summed E-state index contributed by atoms with van der Waals surface area (Å²) in [5.74, 6) is -0.0507. The van der Waals surface area contributed by atoms with E-state index in [0.29, 0.717) is 30.0 Å². The van der Waals surface area contributed by atoms with Crippen molar-refractivity contribution in [2.75, 3.05) is 19.7 Å². The number of nitrogens with zero attached hydrogens (tertiary/aromatic N) is 3. The Morgan fingerprint density at radius 2 is 2.11 bits per heavy atom. The Morgan fingerprint density at radius 3 is 2.89 bits per heavy atom. The highest BCUT2D eigenvalue weighted by atomic mass is 32.2. The van der Waals surface area contributed by atoms with Crippen LogP contribution in [0.1, 0.15) is 40.4 Å². The van der Waals surface area contributed by atoms with Gasteiger partial charge >= 0.3 is 0 Å². The highest BCUT2D eigenvalue weighted by molar-refractivity contribution is 7.93. The summed E-state index contributed by atoms with van der Waals surface area (Å²) in [4.78, 5) is 12.0. The summed E-state index contributed by atoms with van der Waals surface area (Å²) >= 11 is 0. The SMILES string of the molecule is Cn1cc(C(N)=O)c(C2CCCN(S(=O)(=O)C3=Cc4ccccc4OC3)C2)n1. The van der Waals surface area contributed by atoms with Gasteiger partial charge in [-0.15, -0.1) is 0 Å². The monoisotopic (exact) mass is 402 g/mol. The van der Waals surface area contributed by atoms with Crippen molar-refractivity contribution in [2.45, 2.75) is 18.8 Å². The second kappa shape index (κ2) is 7.06. The van der Waals surface area contributed by atoms with E-state index in [1.807, 2.05) is 24.3 Å². The fraction of sp³-hybridized carbons (Fsp3) is 0.368. The number of nitrogens with two attached hydrogens (primary N) is 1. The van der Waals surface area contributed by atoms with Crippen LogP contribution in [-0.4, -0.2) is 48.1 Å². The van der Waals surface area contributed by atoms with E-state index in [4.69, 9.17) is 10.5 Å². The van der Waals surface area contributed by atoms with Gasteiger partial charge in [-0.05, 0) is 25.0 Å². The lowest BCUT2D eigenvalue weighted by atomic mass is 9.93. The number of para-hydroxylation sites is 1. The standard InChI is InChI=1S/C19H22N4O4S/c1-22-11-16(19(20)24)18(21-22)14-6-4-8-23(10-14)28(25,26)15-9-13-5-2-3-7-17(13)27-12-15/h2-3,5,7,9,11,14H,4,6,8,10,12H2,1H3,(H2,20,24). The van der Waals surface area contributed by atoms with Gasteiger partial charge in [0.15, 0.2) is 0 Å². The molecule has 2 aliphatic rings. The van der Waals surface area contributed by atoms with Crippen molar-refractivity contribution in [1.82, 2.24) is 14.1 Å². The van der Waals surface area contributed by atoms with Gasteiger partial charge in [0, 0.05) is 37.8 Å². The van der Waals surface area contributed by atoms with E-state index in [1.54, 1.807) is 19.3 Å². The zero-order chi connectivity index (χ0) is 19.9. The zero-order valence-electron chi connectivity index (χ0n) is 15.5. The Balaban J connectivity index is 1.61. The Bertz CT molecular complexity index is 1060. The summed E-state index contributed by atoms with van der Waals surface area (Å²) in [6.45, 7) is 0.700. The molecule has 2 N–H and O–H groups in total. The lowest BCUT2D eigenvalue weighted by molar-refractivity contribution is 0.0998. The number of fused-ring (bicyclic) bond motifs is 1. The third-order valence-electron chi connectivity index (χ3n) is 5.17. The predicted molar refractivity (Wildman–Crippen MR) is 104 cm³/mol. The first-order valence-corrected chi connectivity index (χ1v) is 10.6. The van der Waals surface area contributed by atoms with Gasteiger partial charge in [0.05, 0.1) is 16.2 Å². The molecular formula is C19H22N4O4S. The quantitative estimate of drug-likeness (QED) is 0.833. The van der Waals surface area contributed by atoms with Crippen LogP contribution in [0.4, 0.5) is 0 Å². The van der Waals surface area contributed by atoms with E-state index in [1.165, 1.54) is 8.99 Å². The number of sulfonamides is 1. The first-order chi connectivity index (χ1) is 13.4. The Hall–Kier alpha value is -2.65. The molecular weight excluding hydrogens is 380 g/mol. The van der Waals surface area contributed by atoms with Crippen LogP contribution in [0, 0.1) is 0 Å². The molecule has 8 nitrogen and oxygen atoms in total. The maximum Gasteiger partial charge on any atom is 0.252 e. The van der Waals surface area contributed by atoms with Crippen molar-refractivity contribution in [3.8, 4) is 5.75 Å². The number of amides is 1. The van der Waals surface area contributed by atoms with E-state index in [0.717, 1.165) is 12.0 Å². The average Bonchev–Trinajstić information content (AvgIpc) is 3.10. The number of piperidine rings is 1. The van der Waals surface area contributed by atoms with Gasteiger partial charge in [-0.1, -0.05) is 18.2 Å². The summed E-state index contributed by atoms with van der Waals surface area (Å²) < 4.78 is 35.1. The molecule has 1 amide bonds. The van der Waals surface area contributed by atoms with Gasteiger partial charge in [0.1, 0.15) is 12.4 Å². The molecule has 2 aliphatic heterocycles. The number of aromatic nitrogens is 2. The molecule has 0 saturated carbocycles. The van der Waals surface area contributed by atoms with Crippen LogP contribution < -0.4 is 10.5 Å². The lowest BCUT2D eigenvalue weighted by Gasteiger charge is -2.32. The molecule has 1 fully saturated rings. The Kier molecular flexibility index (Phi) is 4.72. The van der Waals surface area contributed by atoms with E-state index < -0.39 is 15.9 Å². The molecule has 4 rings (SSSR count). The van der Waals surface area contributed by atoms with Crippen LogP contribution in [0.5, 0.6) is 5.75 Å². The summed E-state index contributed by atoms with van der Waals surface area (Å²) in [6, 6.07) is 7.34. The number of hydrogen-bond donors (Lipinski definition) is 1. The number of carbonyl (C=O) groups excluding carboxylic acids is 1. The highest BCUT2D eigenvalue weighted by Crippen LogP contribution is 2.33. The molecule has 1 saturated heterocycles. The summed E-state index contributed by atoms with van der Waals surface area (Å²) in [5, 5.41) is 4.37. The maximum absolute atomic E-state index is 13.2. The lowest BCUT2D eigenvalue weighted by Crippen LogP contribution is -2.41. The summed E-state index contributed by atoms with van der Waals surface area (Å²) in [7, 11) is -1.96. The van der Waals surface area contributed by atoms with Crippen LogP contribution in [0.2, 0.25) is 0 Å². The van der Waals surface area contributed by atoms with Crippen molar-refractivity contribution >= 4 is 22.0 Å². The van der Waals surface area contributed by atoms with Crippen LogP contribution in [0.15, 0.2) is 35.4 Å². The minimum absolute atomic E-state index is 0.0106. The summed E-state index contributed by atoms with van der Waals surface area (Å²) in [6.07, 6.45) is 4.69. The minimum atomic E-state index is -3.68. The second-order valence-corrected chi connectivity index (χ2v) is 9.10. The third kappa shape index (κ3) is 3.31. The molecule has 3 heterocycles. The van der Waals surface area contributed by atoms with Crippen LogP contribution in [0.25, 0.3) is 6.08 Å². The fourth-order valence-electron chi connectivity index (χ4n) is 3.79. The van der Waals surface area contributed by atoms with Gasteiger partial charge in [-0.25, -0.2) is 8.42 Å². The fourth-order valence-corrected chi connectivity index (χ4v) is 5.35. The number of carbonyl (C=O) groups is 1. The molecule has 1 aromatic carbocycles. The summed E-state index contributed by atoms with van der Waals surface area (Å²) in [5.41, 5.74) is 7.13. The zero-order valence-corrected chi connectivity index (χ0v) is 16.4. The van der Waals surface area contributed by atoms with Crippen molar-refractivity contribution in [3.63, 3.8) is 0 Å². The molecule has 28 heavy (non-hydrogen) atoms. The second-order valence-electron chi connectivity index (χ2n) is 7.11. The van der Waals surface area contributed by atoms with Crippen LogP contribution in [0.3, 0.4) is 0 Å². The molecule has 9 heteroatoms. The number of aryl methyl sites for hydroxylation is 1. The molecule has 1 atom stereocenters. The Labute approximate surface area is 163 Å². The minimum Gasteiger partial charge on any atom is -0.487 e. The molecule has 0 aliphatic carbocycles.